The topological polar surface area (TPSA) is 20.2 Å². The van der Waals surface area contributed by atoms with Crippen molar-refractivity contribution in [3.8, 4) is 5.75 Å². The summed E-state index contributed by atoms with van der Waals surface area (Å²) in [7, 11) is 0. The Kier molecular flexibility index (Phi) is 15.3. The van der Waals surface area contributed by atoms with Crippen molar-refractivity contribution >= 4 is 40.2 Å². The van der Waals surface area contributed by atoms with Crippen LogP contribution in [0.25, 0.3) is 0 Å². The molecule has 0 radical (unpaired) electrons. The molecule has 1 nitrogen and oxygen atoms in total. The molecule has 4 rings (SSSR count). The van der Waals surface area contributed by atoms with Gasteiger partial charge < -0.3 is 5.11 Å². The molecule has 0 unspecified atom stereocenters. The predicted octanol–water partition coefficient (Wildman–Crippen LogP) is 8.29. The van der Waals surface area contributed by atoms with E-state index in [0.717, 1.165) is 12.0 Å². The first kappa shape index (κ1) is 31.4. The van der Waals surface area contributed by atoms with Crippen molar-refractivity contribution < 1.29 is 25.1 Å². The van der Waals surface area contributed by atoms with Crippen molar-refractivity contribution in [3.05, 3.63) is 125 Å². The number of phenolic OH excluding ortho intramolecular Hbond substituents is 1. The van der Waals surface area contributed by atoms with Gasteiger partial charge in [-0.15, -0.1) is 31.2 Å². The van der Waals surface area contributed by atoms with Crippen molar-refractivity contribution in [2.75, 3.05) is 0 Å². The molecule has 0 saturated carbocycles. The van der Waals surface area contributed by atoms with E-state index in [2.05, 4.69) is 101 Å². The standard InChI is InChI=1S/C13H10.C10H13ClO.C5H5.2ClH.Ti/c1-3-7-12(8-4-1)11-13-9-5-2-6-10-13;1-10(2,3)7-4-8(11)6-9(12)5-7;1-2-4-5-3-1;;;/h1-10H;4-6,12H,1-3H3;1-3H,4H2;2*1H;/q;;-1;;;+1. The van der Waals surface area contributed by atoms with E-state index in [4.69, 9.17) is 11.6 Å². The molecule has 0 aliphatic heterocycles. The minimum absolute atomic E-state index is 0. The number of hydrogen-bond acceptors (Lipinski definition) is 1. The Morgan fingerprint density at radius 3 is 1.73 bits per heavy atom. The molecule has 0 bridgehead atoms. The molecule has 3 aromatic rings. The third kappa shape index (κ3) is 11.9. The second-order valence-corrected chi connectivity index (χ2v) is 9.28. The fourth-order valence-electron chi connectivity index (χ4n) is 2.72. The van der Waals surface area contributed by atoms with Crippen LogP contribution >= 0.6 is 36.4 Å². The van der Waals surface area contributed by atoms with Crippen LogP contribution in [0.15, 0.2) is 97.1 Å². The predicted molar refractivity (Wildman–Crippen MR) is 144 cm³/mol. The van der Waals surface area contributed by atoms with Gasteiger partial charge in [0.25, 0.3) is 0 Å². The van der Waals surface area contributed by atoms with E-state index in [9.17, 15) is 5.11 Å². The molecular formula is C28H30Cl3OTi. The summed E-state index contributed by atoms with van der Waals surface area (Å²) in [6, 6.07) is 26.1. The fourth-order valence-corrected chi connectivity index (χ4v) is 3.47. The van der Waals surface area contributed by atoms with E-state index in [-0.39, 0.29) is 36.0 Å². The fraction of sp³-hybridized carbons (Fsp3) is 0.179. The van der Waals surface area contributed by atoms with E-state index in [1.807, 2.05) is 30.4 Å². The van der Waals surface area contributed by atoms with Gasteiger partial charge in [0.2, 0.25) is 0 Å². The molecule has 0 spiro atoms. The number of phenols is 1. The minimum atomic E-state index is 0. The summed E-state index contributed by atoms with van der Waals surface area (Å²) in [4.78, 5) is 0. The van der Waals surface area contributed by atoms with E-state index in [1.165, 1.54) is 21.0 Å². The normalized spacial score (nSPS) is 11.1. The summed E-state index contributed by atoms with van der Waals surface area (Å²) in [6.07, 6.45) is 10.0. The monoisotopic (exact) mass is 535 g/mol. The zero-order valence-corrected chi connectivity index (χ0v) is 23.0. The maximum atomic E-state index is 9.27. The van der Waals surface area contributed by atoms with E-state index >= 15 is 0 Å². The maximum absolute atomic E-state index is 9.27. The van der Waals surface area contributed by atoms with Crippen LogP contribution in [0.2, 0.25) is 5.02 Å². The van der Waals surface area contributed by atoms with Crippen molar-refractivity contribution in [1.29, 1.82) is 0 Å². The molecule has 3 aromatic carbocycles. The van der Waals surface area contributed by atoms with Gasteiger partial charge in [-0.2, -0.15) is 6.08 Å². The molecule has 1 N–H and O–H groups in total. The molecule has 1 aliphatic carbocycles. The molecule has 0 atom stereocenters. The summed E-state index contributed by atoms with van der Waals surface area (Å²) in [5.41, 5.74) is 3.66. The zero-order chi connectivity index (χ0) is 22.7. The summed E-state index contributed by atoms with van der Waals surface area (Å²) < 4.78 is 1.33. The Bertz CT molecular complexity index is 952. The Hall–Kier alpha value is -1.61. The van der Waals surface area contributed by atoms with Crippen LogP contribution < -0.4 is 0 Å². The van der Waals surface area contributed by atoms with Crippen molar-refractivity contribution in [3.63, 3.8) is 0 Å². The summed E-state index contributed by atoms with van der Waals surface area (Å²) >= 11 is 7.95. The van der Waals surface area contributed by atoms with Gasteiger partial charge in [-0.25, -0.2) is 12.2 Å². The van der Waals surface area contributed by atoms with Gasteiger partial charge in [-0.3, -0.25) is 6.08 Å². The van der Waals surface area contributed by atoms with Crippen LogP contribution in [-0.4, -0.2) is 8.92 Å². The SMILES string of the molecule is CC(C)(C)c1cc(O)cc(Cl)c1.Cl.Cl.[C-]1=CC=CC1.[Ti+]=[C](c1ccccc1)c1ccccc1. The molecular weight excluding hydrogens is 507 g/mol. The average molecular weight is 537 g/mol. The Morgan fingerprint density at radius 2 is 1.39 bits per heavy atom. The van der Waals surface area contributed by atoms with Crippen LogP contribution in [0.4, 0.5) is 0 Å². The molecule has 0 fully saturated rings. The van der Waals surface area contributed by atoms with Gasteiger partial charge in [0.05, 0.1) is 0 Å². The summed E-state index contributed by atoms with van der Waals surface area (Å²) in [6.45, 7) is 6.24. The summed E-state index contributed by atoms with van der Waals surface area (Å²) in [5.74, 6) is 0.229. The van der Waals surface area contributed by atoms with Crippen molar-refractivity contribution in [1.82, 2.24) is 0 Å². The van der Waals surface area contributed by atoms with Crippen LogP contribution in [0.1, 0.15) is 43.9 Å². The zero-order valence-electron chi connectivity index (χ0n) is 19.1. The molecule has 1 aliphatic rings. The number of hydrogen-bond donors (Lipinski definition) is 1. The number of aromatic hydroxyl groups is 1. The number of allylic oxidation sites excluding steroid dienone is 4. The Morgan fingerprint density at radius 1 is 0.879 bits per heavy atom. The number of halogens is 3. The molecule has 0 aromatic heterocycles. The second kappa shape index (κ2) is 16.1. The molecule has 0 heterocycles. The quantitative estimate of drug-likeness (QED) is 0.258. The second-order valence-electron chi connectivity index (χ2n) is 8.06. The Balaban J connectivity index is 0.000000493. The van der Waals surface area contributed by atoms with Crippen molar-refractivity contribution in [2.45, 2.75) is 32.6 Å². The number of rotatable bonds is 2. The van der Waals surface area contributed by atoms with Crippen LogP contribution in [-0.2, 0) is 25.4 Å². The van der Waals surface area contributed by atoms with Gasteiger partial charge in [-0.05, 0) is 29.2 Å². The van der Waals surface area contributed by atoms with Crippen LogP contribution in [0.3, 0.4) is 0 Å². The molecule has 0 amide bonds. The van der Waals surface area contributed by atoms with Gasteiger partial charge in [0.1, 0.15) is 5.75 Å². The van der Waals surface area contributed by atoms with Gasteiger partial charge >= 0.3 is 95.6 Å². The molecule has 173 valence electrons. The average Bonchev–Trinajstić information content (AvgIpc) is 3.34. The van der Waals surface area contributed by atoms with Crippen LogP contribution in [0, 0.1) is 6.08 Å². The van der Waals surface area contributed by atoms with Gasteiger partial charge in [-0.1, -0.05) is 32.4 Å². The molecule has 5 heteroatoms. The first-order chi connectivity index (χ1) is 14.8. The third-order valence-corrected chi connectivity index (χ3v) is 5.58. The Labute approximate surface area is 227 Å². The van der Waals surface area contributed by atoms with E-state index in [1.54, 1.807) is 6.07 Å². The van der Waals surface area contributed by atoms with Gasteiger partial charge in [0.15, 0.2) is 0 Å². The molecule has 0 saturated heterocycles. The van der Waals surface area contributed by atoms with E-state index < -0.39 is 0 Å². The number of benzene rings is 3. The van der Waals surface area contributed by atoms with Crippen molar-refractivity contribution in [2.24, 2.45) is 0 Å². The summed E-state index contributed by atoms with van der Waals surface area (Å²) in [5, 5.41) is 9.86. The third-order valence-electron chi connectivity index (χ3n) is 4.46. The van der Waals surface area contributed by atoms with Gasteiger partial charge in [0, 0.05) is 5.02 Å². The molecule has 33 heavy (non-hydrogen) atoms. The first-order valence-corrected chi connectivity index (χ1v) is 11.3. The first-order valence-electron chi connectivity index (χ1n) is 10.2. The van der Waals surface area contributed by atoms with Crippen LogP contribution in [0.5, 0.6) is 5.75 Å². The van der Waals surface area contributed by atoms with E-state index in [0.29, 0.717) is 5.02 Å².